The van der Waals surface area contributed by atoms with Gasteiger partial charge in [0.25, 0.3) is 0 Å². The van der Waals surface area contributed by atoms with Gasteiger partial charge in [-0.1, -0.05) is 0 Å². The second-order valence-electron chi connectivity index (χ2n) is 11.4. The van der Waals surface area contributed by atoms with Crippen molar-refractivity contribution in [3.05, 3.63) is 0 Å². The Morgan fingerprint density at radius 1 is 0.413 bits per heavy atom. The molecule has 0 spiro atoms. The van der Waals surface area contributed by atoms with E-state index in [0.29, 0.717) is 0 Å². The zero-order valence-corrected chi connectivity index (χ0v) is 31.6. The molecule has 0 aliphatic carbocycles. The molecule has 0 aromatic carbocycles. The Labute approximate surface area is 422 Å². The zero-order chi connectivity index (χ0) is 43.2. The van der Waals surface area contributed by atoms with Crippen LogP contribution in [0.1, 0.15) is 38.5 Å². The molecule has 33 heteroatoms. The molecule has 3 heterocycles. The molecule has 63 heavy (non-hydrogen) atoms. The molecule has 3 aliphatic heterocycles. The molecule has 6 unspecified atom stereocenters. The standard InChI is InChI=1S/3C10H13NO8.3H3N.3Na.3H/c3*12-7(13)3-5(9(15)16)11-6-4-8(14)18-1-2-19-10(6)17;;;;;;;;;/h3*5-6,11H,1-4H2,(H,12,13)(H,15,16);3*1H3;;;;;;. The van der Waals surface area contributed by atoms with Gasteiger partial charge in [0.1, 0.15) is 75.9 Å². The summed E-state index contributed by atoms with van der Waals surface area (Å²) in [6.45, 7) is -0.559. The summed E-state index contributed by atoms with van der Waals surface area (Å²) in [7, 11) is 0. The molecule has 0 bridgehead atoms. The summed E-state index contributed by atoms with van der Waals surface area (Å²) in [5.41, 5.74) is 0. The predicted octanol–water partition coefficient (Wildman–Crippen LogP) is -6.37. The molecule has 3 rings (SSSR count). The number of nitrogens with one attached hydrogen (secondary N) is 3. The predicted molar refractivity (Wildman–Crippen MR) is 208 cm³/mol. The Balaban J connectivity index is -0.000000185. The number of carboxylic acid groups (broad SMARTS) is 6. The van der Waals surface area contributed by atoms with E-state index in [0.717, 1.165) is 0 Å². The van der Waals surface area contributed by atoms with Gasteiger partial charge in [-0.2, -0.15) is 0 Å². The molecule has 0 saturated carbocycles. The van der Waals surface area contributed by atoms with E-state index >= 15 is 0 Å². The second-order valence-corrected chi connectivity index (χ2v) is 11.4. The van der Waals surface area contributed by atoms with Crippen LogP contribution in [0.25, 0.3) is 0 Å². The third kappa shape index (κ3) is 31.0. The number of ether oxygens (including phenoxy) is 6. The number of cyclic esters (lactones) is 6. The van der Waals surface area contributed by atoms with Gasteiger partial charge in [-0.05, 0) is 0 Å². The Hall–Kier alpha value is -3.60. The number of hydrogen-bond donors (Lipinski definition) is 12. The van der Waals surface area contributed by atoms with Gasteiger partial charge < -0.3 is 77.5 Å². The molecule has 0 amide bonds. The van der Waals surface area contributed by atoms with Gasteiger partial charge in [-0.25, -0.2) is 0 Å². The van der Waals surface area contributed by atoms with Crippen LogP contribution in [0, 0.1) is 0 Å². The van der Waals surface area contributed by atoms with Crippen LogP contribution in [0.15, 0.2) is 0 Å². The first-order valence-corrected chi connectivity index (χ1v) is 16.3. The molecule has 348 valence electrons. The van der Waals surface area contributed by atoms with Gasteiger partial charge >= 0.3 is 160 Å². The number of carbonyl (C=O) groups excluding carboxylic acids is 6. The fourth-order valence-corrected chi connectivity index (χ4v) is 4.41. The van der Waals surface area contributed by atoms with Crippen molar-refractivity contribution in [2.75, 3.05) is 39.6 Å². The van der Waals surface area contributed by atoms with Crippen LogP contribution in [-0.2, 0) is 86.0 Å². The van der Waals surface area contributed by atoms with Crippen molar-refractivity contribution < 1.29 is 117 Å². The van der Waals surface area contributed by atoms with Gasteiger partial charge in [0.05, 0.1) is 38.5 Å². The fourth-order valence-electron chi connectivity index (χ4n) is 4.41. The number of carboxylic acids is 6. The van der Waals surface area contributed by atoms with Crippen molar-refractivity contribution in [2.45, 2.75) is 74.8 Å². The van der Waals surface area contributed by atoms with Crippen molar-refractivity contribution in [1.82, 2.24) is 34.4 Å². The Morgan fingerprint density at radius 2 is 0.603 bits per heavy atom. The van der Waals surface area contributed by atoms with E-state index in [1.54, 1.807) is 0 Å². The van der Waals surface area contributed by atoms with Gasteiger partial charge in [-0.15, -0.1) is 0 Å². The minimum absolute atomic E-state index is 0. The van der Waals surface area contributed by atoms with E-state index in [-0.39, 0.29) is 147 Å². The molecule has 0 aromatic heterocycles. The minimum atomic E-state index is -1.50. The van der Waals surface area contributed by atoms with Crippen LogP contribution in [0.2, 0.25) is 0 Å². The molecule has 30 nitrogen and oxygen atoms in total. The monoisotopic (exact) mass is 948 g/mol. The van der Waals surface area contributed by atoms with Crippen LogP contribution in [-0.4, -0.2) is 267 Å². The summed E-state index contributed by atoms with van der Waals surface area (Å²) in [5, 5.41) is 59.1. The van der Waals surface area contributed by atoms with Crippen LogP contribution in [0.4, 0.5) is 0 Å². The maximum absolute atomic E-state index is 11.5. The molecular formula is C30H51N6Na3O24. The molecule has 0 radical (unpaired) electrons. The molecular weight excluding hydrogens is 897 g/mol. The average molecular weight is 949 g/mol. The quantitative estimate of drug-likeness (QED) is 0.0413. The topological polar surface area (TPSA) is 523 Å². The van der Waals surface area contributed by atoms with E-state index in [9.17, 15) is 57.5 Å². The zero-order valence-electron chi connectivity index (χ0n) is 31.6. The van der Waals surface area contributed by atoms with Crippen molar-refractivity contribution >= 4 is 160 Å². The summed E-state index contributed by atoms with van der Waals surface area (Å²) >= 11 is 0. The number of aliphatic carboxylic acids is 6. The van der Waals surface area contributed by atoms with E-state index in [2.05, 4.69) is 30.2 Å². The first-order valence-electron chi connectivity index (χ1n) is 16.3. The molecule has 18 N–H and O–H groups in total. The van der Waals surface area contributed by atoms with Crippen LogP contribution >= 0.6 is 0 Å². The summed E-state index contributed by atoms with van der Waals surface area (Å²) in [6.07, 6.45) is -3.43. The van der Waals surface area contributed by atoms with E-state index in [1.165, 1.54) is 0 Å². The molecule has 0 aromatic rings. The molecule has 3 aliphatic rings. The van der Waals surface area contributed by atoms with Gasteiger partial charge in [-0.3, -0.25) is 73.5 Å². The third-order valence-electron chi connectivity index (χ3n) is 6.98. The maximum atomic E-state index is 11.5. The number of hydrogen-bond acceptors (Lipinski definition) is 24. The summed E-state index contributed by atoms with van der Waals surface area (Å²) in [4.78, 5) is 132. The first kappa shape index (κ1) is 71.0. The SMILES string of the molecule is N.N.N.O=C(O)CC(NC1CC(=O)OCCOC1=O)C(=O)O.O=C(O)CC(NC1CC(=O)OCCOC1=O)C(=O)O.O=C(O)CC(NC1CC(=O)OCCOC1=O)C(=O)O.[NaH].[NaH].[NaH]. The van der Waals surface area contributed by atoms with Crippen molar-refractivity contribution in [2.24, 2.45) is 0 Å². The number of carbonyl (C=O) groups is 12. The fraction of sp³-hybridized carbons (Fsp3) is 0.600. The van der Waals surface area contributed by atoms with E-state index in [4.69, 9.17) is 44.8 Å². The Morgan fingerprint density at radius 3 is 0.778 bits per heavy atom. The molecule has 6 atom stereocenters. The van der Waals surface area contributed by atoms with Gasteiger partial charge in [0.15, 0.2) is 0 Å². The van der Waals surface area contributed by atoms with Gasteiger partial charge in [0, 0.05) is 0 Å². The van der Waals surface area contributed by atoms with Crippen molar-refractivity contribution in [3.8, 4) is 0 Å². The molecule has 3 fully saturated rings. The molecule has 3 saturated heterocycles. The third-order valence-corrected chi connectivity index (χ3v) is 6.98. The van der Waals surface area contributed by atoms with Crippen molar-refractivity contribution in [1.29, 1.82) is 0 Å². The Kier molecular flexibility index (Phi) is 42.6. The average Bonchev–Trinajstić information content (AvgIpc) is 3.09. The van der Waals surface area contributed by atoms with Crippen molar-refractivity contribution in [3.63, 3.8) is 0 Å². The number of rotatable bonds is 15. The van der Waals surface area contributed by atoms with E-state index in [1.807, 2.05) is 0 Å². The van der Waals surface area contributed by atoms with Crippen LogP contribution in [0.5, 0.6) is 0 Å². The van der Waals surface area contributed by atoms with E-state index < -0.39 is 146 Å². The second kappa shape index (κ2) is 37.7. The number of esters is 6. The van der Waals surface area contributed by atoms with Crippen LogP contribution in [0.3, 0.4) is 0 Å². The van der Waals surface area contributed by atoms with Crippen LogP contribution < -0.4 is 34.4 Å². The van der Waals surface area contributed by atoms with Gasteiger partial charge in [0.2, 0.25) is 0 Å². The summed E-state index contributed by atoms with van der Waals surface area (Å²) < 4.78 is 28.1. The Bertz CT molecular complexity index is 1380. The first-order chi connectivity index (χ1) is 26.7. The summed E-state index contributed by atoms with van der Waals surface area (Å²) in [6, 6.07) is -8.22. The normalized spacial score (nSPS) is 19.5. The summed E-state index contributed by atoms with van der Waals surface area (Å²) in [5.74, 6) is -12.8.